The molecule has 30 heavy (non-hydrogen) atoms. The average Bonchev–Trinajstić information content (AvgIpc) is 3.48. The number of benzene rings is 1. The van der Waals surface area contributed by atoms with Gasteiger partial charge in [0, 0.05) is 18.4 Å². The number of rotatable bonds is 5. The van der Waals surface area contributed by atoms with Gasteiger partial charge in [-0.3, -0.25) is 9.48 Å². The fourth-order valence-electron chi connectivity index (χ4n) is 4.37. The number of nitrogens with one attached hydrogen (secondary N) is 2. The van der Waals surface area contributed by atoms with Crippen LogP contribution >= 0.6 is 0 Å². The number of nitriles is 1. The van der Waals surface area contributed by atoms with E-state index in [-0.39, 0.29) is 5.91 Å². The van der Waals surface area contributed by atoms with Crippen LogP contribution in [0, 0.1) is 11.3 Å². The smallest absolute Gasteiger partial charge is 0.238 e. The minimum atomic E-state index is -0.621. The number of carbonyl (C=O) groups is 1. The van der Waals surface area contributed by atoms with Gasteiger partial charge in [-0.1, -0.05) is 18.9 Å². The lowest BCUT2D eigenvalue weighted by Crippen LogP contribution is -2.16. The summed E-state index contributed by atoms with van der Waals surface area (Å²) in [6.45, 7) is 4.22. The fraction of sp³-hybridized carbons (Fsp3) is 0.318. The highest BCUT2D eigenvalue weighted by Crippen LogP contribution is 2.40. The maximum atomic E-state index is 12.9. The lowest BCUT2D eigenvalue weighted by atomic mass is 9.94. The van der Waals surface area contributed by atoms with E-state index in [0.29, 0.717) is 41.1 Å². The van der Waals surface area contributed by atoms with Crippen LogP contribution in [-0.4, -0.2) is 32.2 Å². The predicted molar refractivity (Wildman–Crippen MR) is 113 cm³/mol. The van der Waals surface area contributed by atoms with E-state index in [2.05, 4.69) is 28.3 Å². The van der Waals surface area contributed by atoms with E-state index in [0.717, 1.165) is 23.8 Å². The van der Waals surface area contributed by atoms with Gasteiger partial charge in [-0.05, 0) is 36.6 Å². The molecule has 0 spiro atoms. The van der Waals surface area contributed by atoms with Crippen molar-refractivity contribution in [2.75, 3.05) is 17.2 Å². The van der Waals surface area contributed by atoms with E-state index in [1.54, 1.807) is 24.3 Å². The molecule has 3 aromatic rings. The van der Waals surface area contributed by atoms with Crippen LogP contribution in [0.15, 0.2) is 37.1 Å². The molecule has 1 aromatic carbocycles. The van der Waals surface area contributed by atoms with Gasteiger partial charge in [0.1, 0.15) is 5.92 Å². The third-order valence-electron chi connectivity index (χ3n) is 5.82. The fourth-order valence-corrected chi connectivity index (χ4v) is 4.37. The number of fused-ring (bicyclic) bond motifs is 2. The van der Waals surface area contributed by atoms with Crippen molar-refractivity contribution >= 4 is 28.6 Å². The second-order valence-electron chi connectivity index (χ2n) is 7.72. The number of anilines is 2. The van der Waals surface area contributed by atoms with Crippen LogP contribution in [0.3, 0.4) is 0 Å². The molecule has 5 rings (SSSR count). The molecule has 1 aliphatic carbocycles. The van der Waals surface area contributed by atoms with Crippen LogP contribution in [0.4, 0.5) is 11.6 Å². The standard InChI is InChI=1S/C22H21N7O/c1-2-9-24-22-26-19(16-12-29(28-20(16)27-22)14-5-3-4-6-14)18-15-10-13(11-23)7-8-17(15)25-21(18)30/h2,7-8,10,12,14,18H,1,3-6,9H2,(H,25,30)(H,24,27,28). The van der Waals surface area contributed by atoms with Crippen molar-refractivity contribution in [2.24, 2.45) is 0 Å². The number of aromatic nitrogens is 4. The molecule has 1 aliphatic heterocycles. The third-order valence-corrected chi connectivity index (χ3v) is 5.82. The topological polar surface area (TPSA) is 109 Å². The zero-order valence-corrected chi connectivity index (χ0v) is 16.4. The summed E-state index contributed by atoms with van der Waals surface area (Å²) in [4.78, 5) is 22.2. The summed E-state index contributed by atoms with van der Waals surface area (Å²) in [5.41, 5.74) is 3.13. The van der Waals surface area contributed by atoms with E-state index in [4.69, 9.17) is 10.1 Å². The number of nitrogens with zero attached hydrogens (tertiary/aromatic N) is 5. The average molecular weight is 399 g/mol. The summed E-state index contributed by atoms with van der Waals surface area (Å²) < 4.78 is 1.98. The lowest BCUT2D eigenvalue weighted by Gasteiger charge is -2.11. The summed E-state index contributed by atoms with van der Waals surface area (Å²) in [5.74, 6) is -0.376. The first-order valence-electron chi connectivity index (χ1n) is 10.1. The summed E-state index contributed by atoms with van der Waals surface area (Å²) >= 11 is 0. The van der Waals surface area contributed by atoms with Crippen LogP contribution < -0.4 is 10.6 Å². The van der Waals surface area contributed by atoms with Crippen molar-refractivity contribution in [3.05, 3.63) is 53.9 Å². The number of carbonyl (C=O) groups excluding carboxylic acids is 1. The molecule has 0 saturated heterocycles. The van der Waals surface area contributed by atoms with Crippen LogP contribution in [0.25, 0.3) is 11.0 Å². The molecule has 1 fully saturated rings. The first-order valence-corrected chi connectivity index (χ1v) is 10.1. The van der Waals surface area contributed by atoms with Gasteiger partial charge in [0.2, 0.25) is 11.9 Å². The van der Waals surface area contributed by atoms with Gasteiger partial charge in [0.25, 0.3) is 0 Å². The van der Waals surface area contributed by atoms with Gasteiger partial charge < -0.3 is 10.6 Å². The summed E-state index contributed by atoms with van der Waals surface area (Å²) in [5, 5.41) is 20.8. The van der Waals surface area contributed by atoms with E-state index in [9.17, 15) is 10.1 Å². The minimum absolute atomic E-state index is 0.164. The minimum Gasteiger partial charge on any atom is -0.351 e. The highest BCUT2D eigenvalue weighted by Gasteiger charge is 2.36. The predicted octanol–water partition coefficient (Wildman–Crippen LogP) is 3.49. The zero-order chi connectivity index (χ0) is 20.7. The number of hydrogen-bond acceptors (Lipinski definition) is 6. The van der Waals surface area contributed by atoms with Crippen LogP contribution in [0.1, 0.15) is 54.5 Å². The normalized spacial score (nSPS) is 18.2. The first-order chi connectivity index (χ1) is 14.7. The summed E-state index contributed by atoms with van der Waals surface area (Å²) in [6, 6.07) is 7.72. The Morgan fingerprint density at radius 2 is 2.17 bits per heavy atom. The molecule has 1 atom stereocenters. The van der Waals surface area contributed by atoms with E-state index >= 15 is 0 Å². The highest BCUT2D eigenvalue weighted by atomic mass is 16.2. The monoisotopic (exact) mass is 399 g/mol. The molecule has 8 nitrogen and oxygen atoms in total. The summed E-state index contributed by atoms with van der Waals surface area (Å²) in [6.07, 6.45) is 8.27. The molecular formula is C22H21N7O. The Balaban J connectivity index is 1.68. The van der Waals surface area contributed by atoms with Crippen LogP contribution in [-0.2, 0) is 4.79 Å². The van der Waals surface area contributed by atoms with E-state index in [1.165, 1.54) is 12.8 Å². The molecule has 2 aliphatic rings. The maximum Gasteiger partial charge on any atom is 0.238 e. The Morgan fingerprint density at radius 3 is 2.93 bits per heavy atom. The summed E-state index contributed by atoms with van der Waals surface area (Å²) in [7, 11) is 0. The Morgan fingerprint density at radius 1 is 1.33 bits per heavy atom. The molecule has 2 N–H and O–H groups in total. The molecule has 1 unspecified atom stereocenters. The first kappa shape index (κ1) is 18.3. The van der Waals surface area contributed by atoms with Gasteiger partial charge in [-0.25, -0.2) is 4.98 Å². The molecule has 3 heterocycles. The Labute approximate surface area is 173 Å². The van der Waals surface area contributed by atoms with Crippen molar-refractivity contribution in [2.45, 2.75) is 37.6 Å². The molecular weight excluding hydrogens is 378 g/mol. The number of hydrogen-bond donors (Lipinski definition) is 2. The van der Waals surface area contributed by atoms with Crippen molar-refractivity contribution in [1.82, 2.24) is 19.7 Å². The Bertz CT molecular complexity index is 1200. The van der Waals surface area contributed by atoms with Crippen LogP contribution in [0.5, 0.6) is 0 Å². The van der Waals surface area contributed by atoms with E-state index < -0.39 is 5.92 Å². The van der Waals surface area contributed by atoms with Crippen molar-refractivity contribution in [3.8, 4) is 6.07 Å². The Kier molecular flexibility index (Phi) is 4.43. The molecule has 1 saturated carbocycles. The molecule has 0 bridgehead atoms. The van der Waals surface area contributed by atoms with Crippen molar-refractivity contribution < 1.29 is 4.79 Å². The van der Waals surface area contributed by atoms with E-state index in [1.807, 2.05) is 10.9 Å². The Hall–Kier alpha value is -3.73. The van der Waals surface area contributed by atoms with Crippen molar-refractivity contribution in [1.29, 1.82) is 5.26 Å². The maximum absolute atomic E-state index is 12.9. The highest BCUT2D eigenvalue weighted by molar-refractivity contribution is 6.06. The van der Waals surface area contributed by atoms with Crippen molar-refractivity contribution in [3.63, 3.8) is 0 Å². The molecule has 2 aromatic heterocycles. The molecule has 150 valence electrons. The second-order valence-corrected chi connectivity index (χ2v) is 7.72. The second kappa shape index (κ2) is 7.26. The number of amides is 1. The largest absolute Gasteiger partial charge is 0.351 e. The SMILES string of the molecule is C=CCNc1nc(C2C(=O)Nc3ccc(C#N)cc32)c2cn(C3CCCC3)nc2n1. The zero-order valence-electron chi connectivity index (χ0n) is 16.4. The van der Waals surface area contributed by atoms with Gasteiger partial charge in [0.15, 0.2) is 5.65 Å². The molecule has 0 radical (unpaired) electrons. The van der Waals surface area contributed by atoms with Gasteiger partial charge in [0.05, 0.1) is 28.8 Å². The van der Waals surface area contributed by atoms with Gasteiger partial charge >= 0.3 is 0 Å². The lowest BCUT2D eigenvalue weighted by molar-refractivity contribution is -0.116. The van der Waals surface area contributed by atoms with Gasteiger partial charge in [-0.2, -0.15) is 15.3 Å². The molecule has 1 amide bonds. The molecule has 8 heteroatoms. The quantitative estimate of drug-likeness (QED) is 0.636. The van der Waals surface area contributed by atoms with Crippen LogP contribution in [0.2, 0.25) is 0 Å². The van der Waals surface area contributed by atoms with Gasteiger partial charge in [-0.15, -0.1) is 6.58 Å². The third kappa shape index (κ3) is 2.99.